The topological polar surface area (TPSA) is 110 Å². The van der Waals surface area contributed by atoms with Crippen LogP contribution < -0.4 is 5.73 Å². The van der Waals surface area contributed by atoms with Gasteiger partial charge in [0, 0.05) is 6.26 Å². The Labute approximate surface area is 78.1 Å². The van der Waals surface area contributed by atoms with Gasteiger partial charge in [-0.3, -0.25) is 0 Å². The molecule has 6 nitrogen and oxygen atoms in total. The van der Waals surface area contributed by atoms with Crippen LogP contribution in [-0.4, -0.2) is 30.1 Å². The van der Waals surface area contributed by atoms with Gasteiger partial charge < -0.3 is 10.8 Å². The molecular weight excluding hydrogens is 216 g/mol. The number of hydrogen-bond acceptors (Lipinski definition) is 6. The number of anilines is 1. The molecule has 0 aliphatic carbocycles. The van der Waals surface area contributed by atoms with Crippen LogP contribution in [-0.2, 0) is 9.84 Å². The van der Waals surface area contributed by atoms with Gasteiger partial charge >= 0.3 is 5.97 Å². The van der Waals surface area contributed by atoms with Crippen molar-refractivity contribution in [1.82, 2.24) is 4.37 Å². The quantitative estimate of drug-likeness (QED) is 0.718. The minimum Gasteiger partial charge on any atom is -0.477 e. The largest absolute Gasteiger partial charge is 0.477 e. The van der Waals surface area contributed by atoms with E-state index in [1.807, 2.05) is 0 Å². The van der Waals surface area contributed by atoms with E-state index in [0.29, 0.717) is 11.5 Å². The van der Waals surface area contributed by atoms with Crippen LogP contribution in [0.4, 0.5) is 5.69 Å². The van der Waals surface area contributed by atoms with Crippen molar-refractivity contribution >= 4 is 33.0 Å². The van der Waals surface area contributed by atoms with E-state index >= 15 is 0 Å². The van der Waals surface area contributed by atoms with Gasteiger partial charge in [-0.05, 0) is 11.5 Å². The highest BCUT2D eigenvalue weighted by atomic mass is 32.2. The Hall–Kier alpha value is -1.15. The molecule has 0 unspecified atom stereocenters. The summed E-state index contributed by atoms with van der Waals surface area (Å²) in [5, 5.41) is 8.17. The molecule has 0 radical (unpaired) electrons. The summed E-state index contributed by atoms with van der Waals surface area (Å²) in [6, 6.07) is 0. The maximum Gasteiger partial charge on any atom is 0.349 e. The van der Waals surface area contributed by atoms with Crippen molar-refractivity contribution in [2.45, 2.75) is 5.03 Å². The highest BCUT2D eigenvalue weighted by Crippen LogP contribution is 2.24. The number of carbonyl (C=O) groups is 1. The smallest absolute Gasteiger partial charge is 0.349 e. The second kappa shape index (κ2) is 2.96. The van der Waals surface area contributed by atoms with E-state index in [9.17, 15) is 13.2 Å². The maximum atomic E-state index is 11.0. The zero-order valence-electron chi connectivity index (χ0n) is 6.51. The number of aromatic carboxylic acids is 1. The van der Waals surface area contributed by atoms with Gasteiger partial charge in [-0.1, -0.05) is 0 Å². The van der Waals surface area contributed by atoms with Crippen molar-refractivity contribution in [3.63, 3.8) is 0 Å². The molecule has 3 N–H and O–H groups in total. The summed E-state index contributed by atoms with van der Waals surface area (Å²) in [5.74, 6) is -1.27. The number of sulfone groups is 1. The normalized spacial score (nSPS) is 11.5. The van der Waals surface area contributed by atoms with Gasteiger partial charge in [0.2, 0.25) is 0 Å². The lowest BCUT2D eigenvalue weighted by Gasteiger charge is -1.93. The van der Waals surface area contributed by atoms with Crippen molar-refractivity contribution in [2.75, 3.05) is 12.0 Å². The van der Waals surface area contributed by atoms with Crippen molar-refractivity contribution in [3.05, 3.63) is 4.88 Å². The molecule has 0 atom stereocenters. The monoisotopic (exact) mass is 222 g/mol. The molecule has 1 aromatic heterocycles. The van der Waals surface area contributed by atoms with E-state index in [1.165, 1.54) is 0 Å². The number of carboxylic acids is 1. The Kier molecular flexibility index (Phi) is 2.26. The van der Waals surface area contributed by atoms with E-state index in [1.54, 1.807) is 0 Å². The number of aromatic nitrogens is 1. The van der Waals surface area contributed by atoms with E-state index in [0.717, 1.165) is 6.26 Å². The highest BCUT2D eigenvalue weighted by Gasteiger charge is 2.22. The standard InChI is InChI=1S/C5H6N2O4S2/c1-13(10,11)4-2(6)3(5(8)9)12-7-4/h6H2,1H3,(H,8,9). The molecular formula is C5H6N2O4S2. The van der Waals surface area contributed by atoms with Crippen LogP contribution in [0.5, 0.6) is 0 Å². The van der Waals surface area contributed by atoms with E-state index in [2.05, 4.69) is 4.37 Å². The summed E-state index contributed by atoms with van der Waals surface area (Å²) in [6.07, 6.45) is 0.921. The number of nitrogen functional groups attached to an aromatic ring is 1. The van der Waals surface area contributed by atoms with Crippen molar-refractivity contribution in [2.24, 2.45) is 0 Å². The maximum absolute atomic E-state index is 11.0. The van der Waals surface area contributed by atoms with Crippen LogP contribution in [0.2, 0.25) is 0 Å². The Bertz CT molecular complexity index is 447. The summed E-state index contributed by atoms with van der Waals surface area (Å²) in [5.41, 5.74) is 4.99. The Balaban J connectivity index is 3.39. The number of rotatable bonds is 2. The fourth-order valence-corrected chi connectivity index (χ4v) is 2.47. The SMILES string of the molecule is CS(=O)(=O)c1nsc(C(=O)O)c1N. The van der Waals surface area contributed by atoms with Gasteiger partial charge in [0.25, 0.3) is 0 Å². The van der Waals surface area contributed by atoms with Crippen LogP contribution >= 0.6 is 11.5 Å². The summed E-state index contributed by atoms with van der Waals surface area (Å²) in [7, 11) is -3.54. The minimum absolute atomic E-state index is 0.250. The molecule has 13 heavy (non-hydrogen) atoms. The first-order chi connectivity index (χ1) is 5.84. The third-order valence-corrected chi connectivity index (χ3v) is 3.22. The number of hydrogen-bond donors (Lipinski definition) is 2. The zero-order valence-corrected chi connectivity index (χ0v) is 8.15. The Morgan fingerprint density at radius 3 is 2.38 bits per heavy atom. The molecule has 0 bridgehead atoms. The number of carboxylic acid groups (broad SMARTS) is 1. The fraction of sp³-hybridized carbons (Fsp3) is 0.200. The highest BCUT2D eigenvalue weighted by molar-refractivity contribution is 7.90. The molecule has 0 amide bonds. The lowest BCUT2D eigenvalue weighted by molar-refractivity contribution is 0.0703. The Morgan fingerprint density at radius 2 is 2.15 bits per heavy atom. The predicted molar refractivity (Wildman–Crippen MR) is 46.6 cm³/mol. The fourth-order valence-electron chi connectivity index (χ4n) is 0.704. The average Bonchev–Trinajstić information content (AvgIpc) is 2.28. The summed E-state index contributed by atoms with van der Waals surface area (Å²) < 4.78 is 25.4. The summed E-state index contributed by atoms with van der Waals surface area (Å²) >= 11 is 0.557. The molecule has 0 saturated heterocycles. The summed E-state index contributed by atoms with van der Waals surface area (Å²) in [4.78, 5) is 10.2. The second-order valence-electron chi connectivity index (χ2n) is 2.31. The lowest BCUT2D eigenvalue weighted by Crippen LogP contribution is -2.04. The molecule has 0 saturated carbocycles. The molecule has 1 heterocycles. The molecule has 0 aliphatic heterocycles. The predicted octanol–water partition coefficient (Wildman–Crippen LogP) is -0.173. The first kappa shape index (κ1) is 9.93. The van der Waals surface area contributed by atoms with Crippen molar-refractivity contribution in [3.8, 4) is 0 Å². The third kappa shape index (κ3) is 1.78. The van der Waals surface area contributed by atoms with Crippen LogP contribution in [0.15, 0.2) is 5.03 Å². The molecule has 8 heteroatoms. The molecule has 1 rings (SSSR count). The molecule has 0 spiro atoms. The average molecular weight is 222 g/mol. The number of nitrogens with zero attached hydrogens (tertiary/aromatic N) is 1. The minimum atomic E-state index is -3.54. The van der Waals surface area contributed by atoms with Gasteiger partial charge in [-0.25, -0.2) is 13.2 Å². The van der Waals surface area contributed by atoms with E-state index in [4.69, 9.17) is 10.8 Å². The number of nitrogens with two attached hydrogens (primary N) is 1. The van der Waals surface area contributed by atoms with Crippen LogP contribution in [0, 0.1) is 0 Å². The molecule has 0 fully saturated rings. The zero-order chi connectivity index (χ0) is 10.2. The van der Waals surface area contributed by atoms with E-state index in [-0.39, 0.29) is 15.6 Å². The molecule has 0 aromatic carbocycles. The lowest BCUT2D eigenvalue weighted by atomic mass is 10.4. The van der Waals surface area contributed by atoms with E-state index < -0.39 is 15.8 Å². The molecule has 1 aromatic rings. The van der Waals surface area contributed by atoms with Crippen molar-refractivity contribution in [1.29, 1.82) is 0 Å². The Morgan fingerprint density at radius 1 is 1.62 bits per heavy atom. The third-order valence-electron chi connectivity index (χ3n) is 1.24. The first-order valence-electron chi connectivity index (χ1n) is 3.02. The van der Waals surface area contributed by atoms with Crippen molar-refractivity contribution < 1.29 is 18.3 Å². The summed E-state index contributed by atoms with van der Waals surface area (Å²) in [6.45, 7) is 0. The molecule has 0 aliphatic rings. The van der Waals surface area contributed by atoms with Crippen LogP contribution in [0.25, 0.3) is 0 Å². The van der Waals surface area contributed by atoms with Gasteiger partial charge in [0.05, 0.1) is 5.69 Å². The van der Waals surface area contributed by atoms with Crippen LogP contribution in [0.1, 0.15) is 9.67 Å². The molecule has 72 valence electrons. The van der Waals surface area contributed by atoms with Gasteiger partial charge in [0.1, 0.15) is 0 Å². The first-order valence-corrected chi connectivity index (χ1v) is 5.69. The second-order valence-corrected chi connectivity index (χ2v) is 5.01. The van der Waals surface area contributed by atoms with Gasteiger partial charge in [0.15, 0.2) is 19.7 Å². The van der Waals surface area contributed by atoms with Gasteiger partial charge in [-0.15, -0.1) is 0 Å². The van der Waals surface area contributed by atoms with Gasteiger partial charge in [-0.2, -0.15) is 4.37 Å². The van der Waals surface area contributed by atoms with Crippen LogP contribution in [0.3, 0.4) is 0 Å².